The van der Waals surface area contributed by atoms with Crippen LogP contribution >= 0.6 is 0 Å². The first-order valence-corrected chi connectivity index (χ1v) is 11.4. The maximum Gasteiger partial charge on any atom is 0.133 e. The molecule has 8 unspecified atom stereocenters. The summed E-state index contributed by atoms with van der Waals surface area (Å²) in [5.41, 5.74) is 1.82. The standard InChI is InChI=1S/C25H35NO2/c1-16(27)20-8-9-21-19-7-6-17-14-18(28)15-23(26-12-4-5-13-26)25(17,3)22(19)10-11-24(20,21)2/h4-6,12-13,18-23,28H,7-11,14-15H2,1-3H3. The lowest BCUT2D eigenvalue weighted by Crippen LogP contribution is -2.54. The summed E-state index contributed by atoms with van der Waals surface area (Å²) >= 11 is 0. The van der Waals surface area contributed by atoms with Crippen molar-refractivity contribution in [3.05, 3.63) is 36.2 Å². The molecule has 0 aliphatic heterocycles. The molecular weight excluding hydrogens is 346 g/mol. The van der Waals surface area contributed by atoms with E-state index in [2.05, 4.69) is 49.0 Å². The molecule has 0 amide bonds. The van der Waals surface area contributed by atoms with E-state index in [-0.39, 0.29) is 22.9 Å². The quantitative estimate of drug-likeness (QED) is 0.718. The van der Waals surface area contributed by atoms with E-state index in [1.165, 1.54) is 24.8 Å². The Labute approximate surface area is 169 Å². The third-order valence-corrected chi connectivity index (χ3v) is 9.66. The molecule has 3 heteroatoms. The summed E-state index contributed by atoms with van der Waals surface area (Å²) in [5, 5.41) is 10.6. The second-order valence-corrected chi connectivity index (χ2v) is 10.6. The number of aromatic nitrogens is 1. The lowest BCUT2D eigenvalue weighted by Gasteiger charge is -2.60. The van der Waals surface area contributed by atoms with Crippen LogP contribution in [0.25, 0.3) is 0 Å². The van der Waals surface area contributed by atoms with Crippen LogP contribution in [-0.2, 0) is 4.79 Å². The molecule has 5 rings (SSSR count). The van der Waals surface area contributed by atoms with E-state index in [4.69, 9.17) is 0 Å². The van der Waals surface area contributed by atoms with Gasteiger partial charge in [0.2, 0.25) is 0 Å². The third-order valence-electron chi connectivity index (χ3n) is 9.66. The first kappa shape index (κ1) is 18.7. The number of rotatable bonds is 2. The fourth-order valence-electron chi connectivity index (χ4n) is 8.36. The highest BCUT2D eigenvalue weighted by atomic mass is 16.3. The van der Waals surface area contributed by atoms with Gasteiger partial charge in [0, 0.05) is 29.8 Å². The van der Waals surface area contributed by atoms with Gasteiger partial charge in [-0.3, -0.25) is 4.79 Å². The van der Waals surface area contributed by atoms with Gasteiger partial charge in [0.15, 0.2) is 0 Å². The predicted molar refractivity (Wildman–Crippen MR) is 111 cm³/mol. The van der Waals surface area contributed by atoms with Gasteiger partial charge in [0.05, 0.1) is 6.10 Å². The van der Waals surface area contributed by atoms with Gasteiger partial charge >= 0.3 is 0 Å². The van der Waals surface area contributed by atoms with Crippen LogP contribution in [0.3, 0.4) is 0 Å². The molecule has 3 fully saturated rings. The summed E-state index contributed by atoms with van der Waals surface area (Å²) in [5.74, 6) is 2.70. The average molecular weight is 382 g/mol. The molecule has 0 aromatic carbocycles. The highest BCUT2D eigenvalue weighted by Gasteiger charge is 2.61. The molecule has 4 aliphatic rings. The van der Waals surface area contributed by atoms with Gasteiger partial charge in [-0.1, -0.05) is 25.5 Å². The average Bonchev–Trinajstić information content (AvgIpc) is 3.28. The summed E-state index contributed by atoms with van der Waals surface area (Å²) < 4.78 is 2.36. The van der Waals surface area contributed by atoms with Crippen molar-refractivity contribution in [1.82, 2.24) is 4.57 Å². The van der Waals surface area contributed by atoms with Crippen LogP contribution in [-0.4, -0.2) is 21.6 Å². The van der Waals surface area contributed by atoms with Crippen LogP contribution in [0, 0.1) is 34.5 Å². The van der Waals surface area contributed by atoms with Crippen molar-refractivity contribution in [3.63, 3.8) is 0 Å². The number of ketones is 1. The van der Waals surface area contributed by atoms with Gasteiger partial charge in [0.1, 0.15) is 5.78 Å². The minimum absolute atomic E-state index is 0.122. The topological polar surface area (TPSA) is 42.2 Å². The lowest BCUT2D eigenvalue weighted by molar-refractivity contribution is -0.128. The minimum Gasteiger partial charge on any atom is -0.393 e. The van der Waals surface area contributed by atoms with Gasteiger partial charge in [0.25, 0.3) is 0 Å². The van der Waals surface area contributed by atoms with E-state index in [0.717, 1.165) is 25.7 Å². The van der Waals surface area contributed by atoms with Crippen molar-refractivity contribution in [1.29, 1.82) is 0 Å². The molecule has 0 saturated heterocycles. The molecule has 8 atom stereocenters. The second-order valence-electron chi connectivity index (χ2n) is 10.6. The van der Waals surface area contributed by atoms with Gasteiger partial charge < -0.3 is 9.67 Å². The highest BCUT2D eigenvalue weighted by molar-refractivity contribution is 5.79. The first-order valence-electron chi connectivity index (χ1n) is 11.4. The number of nitrogens with zero attached hydrogens (tertiary/aromatic N) is 1. The Hall–Kier alpha value is -1.35. The van der Waals surface area contributed by atoms with Crippen LogP contribution in [0.2, 0.25) is 0 Å². The molecule has 152 valence electrons. The molecular formula is C25H35NO2. The van der Waals surface area contributed by atoms with Gasteiger partial charge in [-0.25, -0.2) is 0 Å². The van der Waals surface area contributed by atoms with Crippen LogP contribution < -0.4 is 0 Å². The zero-order chi connectivity index (χ0) is 19.7. The predicted octanol–water partition coefficient (Wildman–Crippen LogP) is 5.17. The fraction of sp³-hybridized carbons (Fsp3) is 0.720. The molecule has 1 aromatic rings. The van der Waals surface area contributed by atoms with Crippen molar-refractivity contribution in [2.75, 3.05) is 0 Å². The van der Waals surface area contributed by atoms with Gasteiger partial charge in [-0.2, -0.15) is 0 Å². The Morgan fingerprint density at radius 3 is 2.61 bits per heavy atom. The third kappa shape index (κ3) is 2.41. The largest absolute Gasteiger partial charge is 0.393 e. The van der Waals surface area contributed by atoms with Crippen LogP contribution in [0.15, 0.2) is 36.2 Å². The van der Waals surface area contributed by atoms with Gasteiger partial charge in [-0.15, -0.1) is 0 Å². The van der Waals surface area contributed by atoms with Crippen molar-refractivity contribution in [2.45, 2.75) is 77.9 Å². The zero-order valence-electron chi connectivity index (χ0n) is 17.6. The van der Waals surface area contributed by atoms with E-state index >= 15 is 0 Å². The SMILES string of the molecule is CC(=O)C1CCC2C3CC=C4CC(O)CC(n5cccc5)C4(C)C3CCC12C. The van der Waals surface area contributed by atoms with Crippen molar-refractivity contribution < 1.29 is 9.90 Å². The molecule has 1 aromatic heterocycles. The van der Waals surface area contributed by atoms with E-state index < -0.39 is 0 Å². The van der Waals surface area contributed by atoms with Crippen molar-refractivity contribution >= 4 is 5.78 Å². The molecule has 3 nitrogen and oxygen atoms in total. The molecule has 1 N–H and O–H groups in total. The number of carbonyl (C=O) groups is 1. The van der Waals surface area contributed by atoms with E-state index in [1.807, 2.05) is 6.92 Å². The van der Waals surface area contributed by atoms with E-state index in [0.29, 0.717) is 29.6 Å². The van der Waals surface area contributed by atoms with Crippen LogP contribution in [0.1, 0.15) is 71.8 Å². The summed E-state index contributed by atoms with van der Waals surface area (Å²) in [7, 11) is 0. The summed E-state index contributed by atoms with van der Waals surface area (Å²) in [6.45, 7) is 6.73. The Balaban J connectivity index is 1.55. The molecule has 28 heavy (non-hydrogen) atoms. The Morgan fingerprint density at radius 2 is 1.89 bits per heavy atom. The molecule has 0 bridgehead atoms. The second kappa shape index (κ2) is 6.32. The summed E-state index contributed by atoms with van der Waals surface area (Å²) in [6, 6.07) is 4.56. The highest BCUT2D eigenvalue weighted by Crippen LogP contribution is 2.67. The molecule has 0 radical (unpaired) electrons. The Bertz CT molecular complexity index is 795. The monoisotopic (exact) mass is 381 g/mol. The fourth-order valence-corrected chi connectivity index (χ4v) is 8.36. The molecule has 4 aliphatic carbocycles. The van der Waals surface area contributed by atoms with E-state index in [9.17, 15) is 9.90 Å². The normalized spacial score (nSPS) is 47.6. The number of aliphatic hydroxyl groups is 1. The number of Topliss-reactive ketones (excluding diaryl/α,β-unsaturated/α-hetero) is 1. The van der Waals surface area contributed by atoms with Crippen LogP contribution in [0.5, 0.6) is 0 Å². The zero-order valence-corrected chi connectivity index (χ0v) is 17.6. The van der Waals surface area contributed by atoms with Crippen molar-refractivity contribution in [2.24, 2.45) is 34.5 Å². The number of hydrogen-bond donors (Lipinski definition) is 1. The maximum absolute atomic E-state index is 12.4. The van der Waals surface area contributed by atoms with E-state index in [1.54, 1.807) is 0 Å². The molecule has 0 spiro atoms. The first-order chi connectivity index (χ1) is 13.4. The number of allylic oxidation sites excluding steroid dienone is 1. The minimum atomic E-state index is -0.231. The number of carbonyl (C=O) groups excluding carboxylic acids is 1. The number of hydrogen-bond acceptors (Lipinski definition) is 2. The van der Waals surface area contributed by atoms with Crippen molar-refractivity contribution in [3.8, 4) is 0 Å². The molecule has 1 heterocycles. The van der Waals surface area contributed by atoms with Crippen LogP contribution in [0.4, 0.5) is 0 Å². The smallest absolute Gasteiger partial charge is 0.133 e. The summed E-state index contributed by atoms with van der Waals surface area (Å²) in [6.07, 6.45) is 14.2. The Kier molecular flexibility index (Phi) is 4.21. The summed E-state index contributed by atoms with van der Waals surface area (Å²) in [4.78, 5) is 12.4. The number of fused-ring (bicyclic) bond motifs is 5. The number of aliphatic hydroxyl groups excluding tert-OH is 1. The Morgan fingerprint density at radius 1 is 1.14 bits per heavy atom. The molecule has 3 saturated carbocycles. The van der Waals surface area contributed by atoms with Gasteiger partial charge in [-0.05, 0) is 87.2 Å². The lowest BCUT2D eigenvalue weighted by atomic mass is 9.46. The maximum atomic E-state index is 12.4.